The van der Waals surface area contributed by atoms with Gasteiger partial charge in [0.25, 0.3) is 5.69 Å². The number of hydrogen-bond donors (Lipinski definition) is 1. The zero-order valence-electron chi connectivity index (χ0n) is 16.5. The maximum absolute atomic E-state index is 11.6. The van der Waals surface area contributed by atoms with E-state index in [0.29, 0.717) is 11.6 Å². The normalized spacial score (nSPS) is 15.3. The fourth-order valence-corrected chi connectivity index (χ4v) is 4.24. The Morgan fingerprint density at radius 3 is 2.30 bits per heavy atom. The number of carboxylic acids is 1. The number of carboxylic acid groups (broad SMARTS) is 1. The Hall–Kier alpha value is -2.11. The first-order chi connectivity index (χ1) is 13.0. The molecule has 1 fully saturated rings. The number of carbonyl (C=O) groups is 1. The van der Waals surface area contributed by atoms with Crippen LogP contribution in [-0.2, 0) is 0 Å². The summed E-state index contributed by atoms with van der Waals surface area (Å²) in [6.45, 7) is 6.11. The SMILES string of the molecule is CCCCC(CCCC)C1CCN(c2ccc([N+](=O)[O-])cc2C(=O)O)CC1. The van der Waals surface area contributed by atoms with Crippen LogP contribution in [-0.4, -0.2) is 29.1 Å². The first-order valence-corrected chi connectivity index (χ1v) is 10.2. The Kier molecular flexibility index (Phi) is 8.07. The van der Waals surface area contributed by atoms with Crippen LogP contribution in [0.3, 0.4) is 0 Å². The van der Waals surface area contributed by atoms with Gasteiger partial charge < -0.3 is 10.0 Å². The number of hydrogen-bond acceptors (Lipinski definition) is 4. The van der Waals surface area contributed by atoms with Crippen LogP contribution in [0.25, 0.3) is 0 Å². The number of rotatable bonds is 10. The number of nitro groups is 1. The van der Waals surface area contributed by atoms with Crippen molar-refractivity contribution in [2.75, 3.05) is 18.0 Å². The van der Waals surface area contributed by atoms with Gasteiger partial charge >= 0.3 is 5.97 Å². The first kappa shape index (κ1) is 21.2. The smallest absolute Gasteiger partial charge is 0.338 e. The van der Waals surface area contributed by atoms with Crippen molar-refractivity contribution >= 4 is 17.3 Å². The highest BCUT2D eigenvalue weighted by Crippen LogP contribution is 2.35. The zero-order valence-corrected chi connectivity index (χ0v) is 16.5. The van der Waals surface area contributed by atoms with Gasteiger partial charge in [0.1, 0.15) is 0 Å². The van der Waals surface area contributed by atoms with Crippen LogP contribution in [0.4, 0.5) is 11.4 Å². The van der Waals surface area contributed by atoms with Crippen LogP contribution in [0, 0.1) is 22.0 Å². The molecule has 1 saturated heterocycles. The molecule has 0 aromatic heterocycles. The molecule has 1 aromatic rings. The predicted molar refractivity (Wildman–Crippen MR) is 108 cm³/mol. The quantitative estimate of drug-likeness (QED) is 0.430. The molecule has 1 aliphatic rings. The fourth-order valence-electron chi connectivity index (χ4n) is 4.24. The highest BCUT2D eigenvalue weighted by atomic mass is 16.6. The molecule has 0 spiro atoms. The van der Waals surface area contributed by atoms with Crippen LogP contribution in [0.2, 0.25) is 0 Å². The molecule has 1 aromatic carbocycles. The summed E-state index contributed by atoms with van der Waals surface area (Å²) in [4.78, 5) is 24.1. The van der Waals surface area contributed by atoms with Crippen LogP contribution >= 0.6 is 0 Å². The number of piperidine rings is 1. The number of nitro benzene ring substituents is 1. The standard InChI is InChI=1S/C21H32N2O4/c1-3-5-7-16(8-6-4-2)17-11-13-22(14-12-17)20-10-9-18(23(26)27)15-19(20)21(24)25/h9-10,15-17H,3-8,11-14H2,1-2H3,(H,24,25). The molecule has 0 bridgehead atoms. The summed E-state index contributed by atoms with van der Waals surface area (Å²) in [5, 5.41) is 20.4. The lowest BCUT2D eigenvalue weighted by molar-refractivity contribution is -0.384. The number of aromatic carboxylic acids is 1. The zero-order chi connectivity index (χ0) is 19.8. The van der Waals surface area contributed by atoms with Crippen molar-refractivity contribution in [2.24, 2.45) is 11.8 Å². The summed E-state index contributed by atoms with van der Waals surface area (Å²) < 4.78 is 0. The number of unbranched alkanes of at least 4 members (excludes halogenated alkanes) is 2. The van der Waals surface area contributed by atoms with E-state index in [1.165, 1.54) is 50.7 Å². The van der Waals surface area contributed by atoms with Gasteiger partial charge in [0, 0.05) is 25.2 Å². The van der Waals surface area contributed by atoms with Crippen molar-refractivity contribution < 1.29 is 14.8 Å². The molecule has 27 heavy (non-hydrogen) atoms. The van der Waals surface area contributed by atoms with E-state index >= 15 is 0 Å². The molecule has 0 atom stereocenters. The van der Waals surface area contributed by atoms with Crippen molar-refractivity contribution in [2.45, 2.75) is 65.2 Å². The molecule has 1 heterocycles. The van der Waals surface area contributed by atoms with Crippen molar-refractivity contribution in [3.05, 3.63) is 33.9 Å². The lowest BCUT2D eigenvalue weighted by Crippen LogP contribution is -2.37. The Labute approximate surface area is 161 Å². The maximum Gasteiger partial charge on any atom is 0.338 e. The maximum atomic E-state index is 11.6. The summed E-state index contributed by atoms with van der Waals surface area (Å²) in [7, 11) is 0. The molecule has 0 amide bonds. The van der Waals surface area contributed by atoms with Gasteiger partial charge in [0.2, 0.25) is 0 Å². The third-order valence-corrected chi connectivity index (χ3v) is 5.83. The summed E-state index contributed by atoms with van der Waals surface area (Å²) in [6, 6.07) is 4.17. The monoisotopic (exact) mass is 376 g/mol. The van der Waals surface area contributed by atoms with Gasteiger partial charge in [-0.05, 0) is 30.7 Å². The Morgan fingerprint density at radius 2 is 1.81 bits per heavy atom. The molecular formula is C21H32N2O4. The van der Waals surface area contributed by atoms with E-state index in [0.717, 1.165) is 31.8 Å². The number of benzene rings is 1. The van der Waals surface area contributed by atoms with Crippen LogP contribution in [0.15, 0.2) is 18.2 Å². The molecule has 0 unspecified atom stereocenters. The van der Waals surface area contributed by atoms with Crippen LogP contribution in [0.5, 0.6) is 0 Å². The minimum absolute atomic E-state index is 0.0242. The lowest BCUT2D eigenvalue weighted by atomic mass is 9.78. The average Bonchev–Trinajstić information content (AvgIpc) is 2.67. The van der Waals surface area contributed by atoms with E-state index in [-0.39, 0.29) is 11.3 Å². The van der Waals surface area contributed by atoms with Crippen LogP contribution < -0.4 is 4.90 Å². The second kappa shape index (κ2) is 10.3. The van der Waals surface area contributed by atoms with E-state index in [1.807, 2.05) is 0 Å². The fraction of sp³-hybridized carbons (Fsp3) is 0.667. The largest absolute Gasteiger partial charge is 0.478 e. The molecule has 6 nitrogen and oxygen atoms in total. The lowest BCUT2D eigenvalue weighted by Gasteiger charge is -2.38. The second-order valence-corrected chi connectivity index (χ2v) is 7.63. The summed E-state index contributed by atoms with van der Waals surface area (Å²) >= 11 is 0. The van der Waals surface area contributed by atoms with Crippen molar-refractivity contribution in [3.63, 3.8) is 0 Å². The molecule has 1 aliphatic heterocycles. The Bertz CT molecular complexity index is 631. The Balaban J connectivity index is 2.07. The molecule has 0 saturated carbocycles. The molecule has 0 aliphatic carbocycles. The highest BCUT2D eigenvalue weighted by Gasteiger charge is 2.28. The van der Waals surface area contributed by atoms with Gasteiger partial charge in [-0.2, -0.15) is 0 Å². The van der Waals surface area contributed by atoms with E-state index < -0.39 is 10.9 Å². The average molecular weight is 376 g/mol. The van der Waals surface area contributed by atoms with Crippen molar-refractivity contribution in [1.82, 2.24) is 0 Å². The Morgan fingerprint density at radius 1 is 1.22 bits per heavy atom. The van der Waals surface area contributed by atoms with Crippen molar-refractivity contribution in [1.29, 1.82) is 0 Å². The molecule has 0 radical (unpaired) electrons. The molecule has 1 N–H and O–H groups in total. The topological polar surface area (TPSA) is 83.7 Å². The summed E-state index contributed by atoms with van der Waals surface area (Å²) in [6.07, 6.45) is 9.72. The molecule has 2 rings (SSSR count). The van der Waals surface area contributed by atoms with Crippen molar-refractivity contribution in [3.8, 4) is 0 Å². The first-order valence-electron chi connectivity index (χ1n) is 10.2. The van der Waals surface area contributed by atoms with E-state index in [9.17, 15) is 20.0 Å². The van der Waals surface area contributed by atoms with Gasteiger partial charge in [-0.1, -0.05) is 52.4 Å². The van der Waals surface area contributed by atoms with E-state index in [2.05, 4.69) is 18.7 Å². The highest BCUT2D eigenvalue weighted by molar-refractivity contribution is 5.95. The minimum atomic E-state index is -1.11. The van der Waals surface area contributed by atoms with Gasteiger partial charge in [-0.15, -0.1) is 0 Å². The third kappa shape index (κ3) is 5.68. The van der Waals surface area contributed by atoms with Gasteiger partial charge in [0.05, 0.1) is 16.2 Å². The second-order valence-electron chi connectivity index (χ2n) is 7.63. The van der Waals surface area contributed by atoms with E-state index in [4.69, 9.17) is 0 Å². The summed E-state index contributed by atoms with van der Waals surface area (Å²) in [5.41, 5.74) is 0.451. The minimum Gasteiger partial charge on any atom is -0.478 e. The number of anilines is 1. The van der Waals surface area contributed by atoms with Gasteiger partial charge in [0.15, 0.2) is 0 Å². The summed E-state index contributed by atoms with van der Waals surface area (Å²) in [5.74, 6) is 0.355. The van der Waals surface area contributed by atoms with Crippen LogP contribution in [0.1, 0.15) is 75.6 Å². The third-order valence-electron chi connectivity index (χ3n) is 5.83. The number of non-ortho nitro benzene ring substituents is 1. The number of nitrogens with zero attached hydrogens (tertiary/aromatic N) is 2. The molecule has 6 heteroatoms. The van der Waals surface area contributed by atoms with E-state index in [1.54, 1.807) is 6.07 Å². The molecule has 150 valence electrons. The molecular weight excluding hydrogens is 344 g/mol. The predicted octanol–water partition coefficient (Wildman–Crippen LogP) is 5.51. The van der Waals surface area contributed by atoms with Gasteiger partial charge in [-0.25, -0.2) is 4.79 Å². The van der Waals surface area contributed by atoms with Gasteiger partial charge in [-0.3, -0.25) is 10.1 Å².